The summed E-state index contributed by atoms with van der Waals surface area (Å²) in [5.74, 6) is 1.12. The van der Waals surface area contributed by atoms with Gasteiger partial charge in [-0.05, 0) is 43.3 Å². The smallest absolute Gasteiger partial charge is 0.277 e. The maximum atomic E-state index is 12.8. The molecule has 1 fully saturated rings. The highest BCUT2D eigenvalue weighted by molar-refractivity contribution is 7.99. The van der Waals surface area contributed by atoms with Crippen molar-refractivity contribution in [1.82, 2.24) is 19.4 Å². The Labute approximate surface area is 196 Å². The third kappa shape index (κ3) is 5.37. The zero-order valence-corrected chi connectivity index (χ0v) is 19.9. The number of nitrogens with zero attached hydrogens (tertiary/aromatic N) is 4. The molecule has 9 nitrogen and oxygen atoms in total. The lowest BCUT2D eigenvalue weighted by molar-refractivity contribution is -0.129. The maximum Gasteiger partial charge on any atom is 0.277 e. The van der Waals surface area contributed by atoms with Gasteiger partial charge >= 0.3 is 0 Å². The third-order valence-corrected chi connectivity index (χ3v) is 8.03. The minimum atomic E-state index is -3.56. The lowest BCUT2D eigenvalue weighted by Crippen LogP contribution is -2.50. The van der Waals surface area contributed by atoms with Crippen molar-refractivity contribution in [3.63, 3.8) is 0 Å². The van der Waals surface area contributed by atoms with Crippen LogP contribution in [0, 0.1) is 6.92 Å². The van der Waals surface area contributed by atoms with Crippen LogP contribution in [-0.4, -0.2) is 72.8 Å². The second-order valence-corrected chi connectivity index (χ2v) is 10.4. The number of sulfonamides is 1. The average Bonchev–Trinajstić information content (AvgIpc) is 3.32. The van der Waals surface area contributed by atoms with Gasteiger partial charge in [0.2, 0.25) is 21.8 Å². The van der Waals surface area contributed by atoms with Crippen LogP contribution in [0.15, 0.2) is 63.1 Å². The zero-order chi connectivity index (χ0) is 23.4. The molecule has 0 spiro atoms. The van der Waals surface area contributed by atoms with E-state index in [1.54, 1.807) is 48.4 Å². The van der Waals surface area contributed by atoms with Crippen molar-refractivity contribution in [1.29, 1.82) is 0 Å². The first-order valence-corrected chi connectivity index (χ1v) is 12.7. The van der Waals surface area contributed by atoms with Crippen molar-refractivity contribution in [3.05, 3.63) is 54.1 Å². The molecule has 2 aromatic carbocycles. The summed E-state index contributed by atoms with van der Waals surface area (Å²) in [5.41, 5.74) is 1.76. The number of aryl methyl sites for hydroxylation is 1. The molecule has 0 aliphatic carbocycles. The Hall–Kier alpha value is -2.89. The van der Waals surface area contributed by atoms with Crippen LogP contribution >= 0.6 is 11.8 Å². The molecule has 0 N–H and O–H groups in total. The Balaban J connectivity index is 1.29. The van der Waals surface area contributed by atoms with E-state index < -0.39 is 10.0 Å². The minimum absolute atomic E-state index is 0.100. The van der Waals surface area contributed by atoms with Crippen molar-refractivity contribution >= 4 is 27.7 Å². The molecule has 174 valence electrons. The van der Waals surface area contributed by atoms with Gasteiger partial charge in [-0.25, -0.2) is 8.42 Å². The third-order valence-electron chi connectivity index (χ3n) is 5.31. The van der Waals surface area contributed by atoms with Crippen molar-refractivity contribution in [2.75, 3.05) is 39.0 Å². The summed E-state index contributed by atoms with van der Waals surface area (Å²) in [6.45, 7) is 3.10. The number of piperazine rings is 1. The predicted molar refractivity (Wildman–Crippen MR) is 124 cm³/mol. The molecule has 1 saturated heterocycles. The second-order valence-electron chi connectivity index (χ2n) is 7.49. The summed E-state index contributed by atoms with van der Waals surface area (Å²) < 4.78 is 37.9. The van der Waals surface area contributed by atoms with E-state index in [1.165, 1.54) is 4.31 Å². The zero-order valence-electron chi connectivity index (χ0n) is 18.3. The summed E-state index contributed by atoms with van der Waals surface area (Å²) in [6, 6.07) is 14.0. The monoisotopic (exact) mass is 488 g/mol. The van der Waals surface area contributed by atoms with Crippen molar-refractivity contribution in [3.8, 4) is 17.2 Å². The number of amides is 1. The molecule has 0 radical (unpaired) electrons. The SMILES string of the molecule is COc1ccc(-c2nnc(SCC(=O)N3CCN(S(=O)(=O)c4ccc(C)cc4)CC3)o2)cc1. The first-order chi connectivity index (χ1) is 15.9. The summed E-state index contributed by atoms with van der Waals surface area (Å²) in [4.78, 5) is 14.5. The fraction of sp³-hybridized carbons (Fsp3) is 0.318. The number of aromatic nitrogens is 2. The van der Waals surface area contributed by atoms with Crippen LogP contribution in [0.5, 0.6) is 5.75 Å². The molecule has 33 heavy (non-hydrogen) atoms. The molecule has 0 unspecified atom stereocenters. The van der Waals surface area contributed by atoms with Crippen molar-refractivity contribution in [2.24, 2.45) is 0 Å². The van der Waals surface area contributed by atoms with E-state index >= 15 is 0 Å². The molecule has 1 amide bonds. The number of hydrogen-bond acceptors (Lipinski definition) is 8. The summed E-state index contributed by atoms with van der Waals surface area (Å²) >= 11 is 1.16. The van der Waals surface area contributed by atoms with Gasteiger partial charge in [0.05, 0.1) is 17.8 Å². The highest BCUT2D eigenvalue weighted by Gasteiger charge is 2.30. The fourth-order valence-corrected chi connectivity index (χ4v) is 5.46. The molecule has 2 heterocycles. The Morgan fingerprint density at radius 1 is 1.03 bits per heavy atom. The van der Waals surface area contributed by atoms with E-state index in [-0.39, 0.29) is 29.6 Å². The van der Waals surface area contributed by atoms with E-state index in [2.05, 4.69) is 10.2 Å². The van der Waals surface area contributed by atoms with Crippen LogP contribution in [0.25, 0.3) is 11.5 Å². The van der Waals surface area contributed by atoms with Gasteiger partial charge in [0.15, 0.2) is 0 Å². The Bertz CT molecular complexity index is 1200. The predicted octanol–water partition coefficient (Wildman–Crippen LogP) is 2.68. The molecule has 4 rings (SSSR count). The lowest BCUT2D eigenvalue weighted by Gasteiger charge is -2.34. The largest absolute Gasteiger partial charge is 0.497 e. The number of methoxy groups -OCH3 is 1. The molecule has 1 aliphatic rings. The van der Waals surface area contributed by atoms with E-state index in [9.17, 15) is 13.2 Å². The fourth-order valence-electron chi connectivity index (χ4n) is 3.37. The van der Waals surface area contributed by atoms with Crippen LogP contribution in [-0.2, 0) is 14.8 Å². The molecule has 1 aliphatic heterocycles. The summed E-state index contributed by atoms with van der Waals surface area (Å²) in [7, 11) is -1.97. The van der Waals surface area contributed by atoms with Gasteiger partial charge in [-0.15, -0.1) is 10.2 Å². The molecular weight excluding hydrogens is 464 g/mol. The van der Waals surface area contributed by atoms with Crippen LogP contribution in [0.4, 0.5) is 0 Å². The van der Waals surface area contributed by atoms with Crippen molar-refractivity contribution < 1.29 is 22.4 Å². The van der Waals surface area contributed by atoms with Crippen LogP contribution in [0.1, 0.15) is 5.56 Å². The van der Waals surface area contributed by atoms with E-state index in [1.807, 2.05) is 19.1 Å². The van der Waals surface area contributed by atoms with Gasteiger partial charge in [0, 0.05) is 31.7 Å². The maximum absolute atomic E-state index is 12.8. The number of carbonyl (C=O) groups excluding carboxylic acids is 1. The van der Waals surface area contributed by atoms with Crippen LogP contribution < -0.4 is 4.74 Å². The molecule has 0 bridgehead atoms. The van der Waals surface area contributed by atoms with Crippen molar-refractivity contribution in [2.45, 2.75) is 17.0 Å². The first kappa shape index (κ1) is 23.3. The van der Waals surface area contributed by atoms with Gasteiger partial charge in [0.25, 0.3) is 5.22 Å². The van der Waals surface area contributed by atoms with Gasteiger partial charge < -0.3 is 14.1 Å². The topological polar surface area (TPSA) is 106 Å². The Morgan fingerprint density at radius 2 is 1.70 bits per heavy atom. The van der Waals surface area contributed by atoms with Gasteiger partial charge in [-0.1, -0.05) is 29.5 Å². The summed E-state index contributed by atoms with van der Waals surface area (Å²) in [6.07, 6.45) is 0. The number of hydrogen-bond donors (Lipinski definition) is 0. The highest BCUT2D eigenvalue weighted by Crippen LogP contribution is 2.25. The molecule has 1 aromatic heterocycles. The number of carbonyl (C=O) groups is 1. The van der Waals surface area contributed by atoms with E-state index in [0.29, 0.717) is 24.2 Å². The van der Waals surface area contributed by atoms with E-state index in [0.717, 1.165) is 28.6 Å². The van der Waals surface area contributed by atoms with E-state index in [4.69, 9.17) is 9.15 Å². The second kappa shape index (κ2) is 9.94. The normalized spacial score (nSPS) is 14.9. The highest BCUT2D eigenvalue weighted by atomic mass is 32.2. The molecule has 3 aromatic rings. The number of benzene rings is 2. The number of rotatable bonds is 7. The number of ether oxygens (including phenoxy) is 1. The van der Waals surface area contributed by atoms with Gasteiger partial charge in [0.1, 0.15) is 5.75 Å². The standard InChI is InChI=1S/C22H24N4O5S2/c1-16-3-9-19(10-4-16)33(28,29)26-13-11-25(12-14-26)20(27)15-32-22-24-23-21(31-22)17-5-7-18(30-2)8-6-17/h3-10H,11-15H2,1-2H3. The first-order valence-electron chi connectivity index (χ1n) is 10.3. The molecular formula is C22H24N4O5S2. The van der Waals surface area contributed by atoms with Crippen LogP contribution in [0.2, 0.25) is 0 Å². The average molecular weight is 489 g/mol. The molecule has 0 atom stereocenters. The Kier molecular flexibility index (Phi) is 7.01. The quantitative estimate of drug-likeness (QED) is 0.468. The van der Waals surface area contributed by atoms with Gasteiger partial charge in [-0.3, -0.25) is 4.79 Å². The van der Waals surface area contributed by atoms with Crippen LogP contribution in [0.3, 0.4) is 0 Å². The molecule has 0 saturated carbocycles. The lowest BCUT2D eigenvalue weighted by atomic mass is 10.2. The van der Waals surface area contributed by atoms with Gasteiger partial charge in [-0.2, -0.15) is 4.31 Å². The molecule has 11 heteroatoms. The minimum Gasteiger partial charge on any atom is -0.497 e. The number of thioether (sulfide) groups is 1. The summed E-state index contributed by atoms with van der Waals surface area (Å²) in [5, 5.41) is 8.32. The Morgan fingerprint density at radius 3 is 2.33 bits per heavy atom.